The Hall–Kier alpha value is -1.27. The van der Waals surface area contributed by atoms with Gasteiger partial charge in [0.2, 0.25) is 0 Å². The Kier molecular flexibility index (Phi) is 4.77. The third kappa shape index (κ3) is 3.34. The number of methoxy groups -OCH3 is 2. The second kappa shape index (κ2) is 5.88. The first-order chi connectivity index (χ1) is 7.99. The van der Waals surface area contributed by atoms with Crippen LogP contribution in [0.5, 0.6) is 11.5 Å². The summed E-state index contributed by atoms with van der Waals surface area (Å²) in [6.07, 6.45) is -1.56. The Labute approximate surface area is 107 Å². The number of ether oxygens (including phenoxy) is 2. The molecule has 2 N–H and O–H groups in total. The van der Waals surface area contributed by atoms with Crippen LogP contribution in [-0.4, -0.2) is 36.5 Å². The van der Waals surface area contributed by atoms with E-state index in [1.54, 1.807) is 12.1 Å². The number of carboxylic acids is 1. The Balaban J connectivity index is 3.15. The average Bonchev–Trinajstić information content (AvgIpc) is 2.30. The molecule has 0 amide bonds. The molecule has 1 aromatic rings. The van der Waals surface area contributed by atoms with Gasteiger partial charge in [-0.05, 0) is 12.1 Å². The first-order valence-electron chi connectivity index (χ1n) is 4.80. The van der Waals surface area contributed by atoms with Crippen molar-refractivity contribution in [2.75, 3.05) is 14.2 Å². The van der Waals surface area contributed by atoms with Crippen molar-refractivity contribution in [1.82, 2.24) is 0 Å². The van der Waals surface area contributed by atoms with Crippen molar-refractivity contribution in [2.45, 2.75) is 12.5 Å². The van der Waals surface area contributed by atoms with Gasteiger partial charge in [0.25, 0.3) is 0 Å². The Morgan fingerprint density at radius 1 is 1.35 bits per heavy atom. The fraction of sp³-hybridized carbons (Fsp3) is 0.364. The van der Waals surface area contributed by atoms with Crippen LogP contribution in [0, 0.1) is 0 Å². The number of carboxylic acid groups (broad SMARTS) is 1. The highest BCUT2D eigenvalue weighted by Gasteiger charge is 2.20. The monoisotopic (exact) mass is 304 g/mol. The summed E-state index contributed by atoms with van der Waals surface area (Å²) in [6.45, 7) is 0. The molecule has 1 atom stereocenters. The zero-order chi connectivity index (χ0) is 13.0. The highest BCUT2D eigenvalue weighted by atomic mass is 79.9. The maximum Gasteiger partial charge on any atom is 0.332 e. The summed E-state index contributed by atoms with van der Waals surface area (Å²) in [4.78, 5) is 10.6. The Morgan fingerprint density at radius 2 is 1.82 bits per heavy atom. The molecule has 1 aromatic carbocycles. The van der Waals surface area contributed by atoms with E-state index in [-0.39, 0.29) is 6.42 Å². The van der Waals surface area contributed by atoms with Crippen molar-refractivity contribution in [3.8, 4) is 11.5 Å². The molecule has 6 heteroatoms. The van der Waals surface area contributed by atoms with Crippen LogP contribution in [0.3, 0.4) is 0 Å². The third-order valence-corrected chi connectivity index (χ3v) is 2.71. The van der Waals surface area contributed by atoms with Crippen LogP contribution < -0.4 is 9.47 Å². The van der Waals surface area contributed by atoms with E-state index in [4.69, 9.17) is 14.6 Å². The van der Waals surface area contributed by atoms with Gasteiger partial charge in [-0.2, -0.15) is 0 Å². The summed E-state index contributed by atoms with van der Waals surface area (Å²) in [5, 5.41) is 18.1. The van der Waals surface area contributed by atoms with E-state index >= 15 is 0 Å². The summed E-state index contributed by atoms with van der Waals surface area (Å²) in [7, 11) is 2.94. The van der Waals surface area contributed by atoms with Gasteiger partial charge < -0.3 is 19.7 Å². The van der Waals surface area contributed by atoms with Crippen molar-refractivity contribution in [3.63, 3.8) is 0 Å². The minimum Gasteiger partial charge on any atom is -0.496 e. The predicted octanol–water partition coefficient (Wildman–Crippen LogP) is 1.45. The normalized spacial score (nSPS) is 12.0. The number of aliphatic carboxylic acids is 1. The SMILES string of the molecule is COc1cc(Br)cc(OC)c1CC(O)C(=O)O. The molecule has 0 spiro atoms. The third-order valence-electron chi connectivity index (χ3n) is 2.26. The van der Waals surface area contributed by atoms with Gasteiger partial charge >= 0.3 is 5.97 Å². The first-order valence-corrected chi connectivity index (χ1v) is 5.60. The molecule has 0 heterocycles. The maximum atomic E-state index is 10.6. The quantitative estimate of drug-likeness (QED) is 0.861. The van der Waals surface area contributed by atoms with Gasteiger partial charge in [-0.3, -0.25) is 0 Å². The average molecular weight is 305 g/mol. The number of aliphatic hydroxyl groups excluding tert-OH is 1. The lowest BCUT2D eigenvalue weighted by atomic mass is 10.1. The van der Waals surface area contributed by atoms with Gasteiger partial charge in [0.1, 0.15) is 11.5 Å². The highest BCUT2D eigenvalue weighted by molar-refractivity contribution is 9.10. The summed E-state index contributed by atoms with van der Waals surface area (Å²) in [5.41, 5.74) is 0.521. The van der Waals surface area contributed by atoms with Crippen LogP contribution in [0.15, 0.2) is 16.6 Å². The summed E-state index contributed by atoms with van der Waals surface area (Å²) >= 11 is 3.29. The molecule has 5 nitrogen and oxygen atoms in total. The fourth-order valence-corrected chi connectivity index (χ4v) is 1.85. The molecule has 0 aliphatic carbocycles. The van der Waals surface area contributed by atoms with Crippen molar-refractivity contribution in [1.29, 1.82) is 0 Å². The fourth-order valence-electron chi connectivity index (χ4n) is 1.43. The standard InChI is InChI=1S/C11H13BrO5/c1-16-9-3-6(12)4-10(17-2)7(9)5-8(13)11(14)15/h3-4,8,13H,5H2,1-2H3,(H,14,15). The number of hydrogen-bond donors (Lipinski definition) is 2. The van der Waals surface area contributed by atoms with Gasteiger partial charge in [0, 0.05) is 16.5 Å². The molecule has 0 radical (unpaired) electrons. The van der Waals surface area contributed by atoms with Crippen LogP contribution in [0.2, 0.25) is 0 Å². The number of halogens is 1. The minimum atomic E-state index is -1.49. The molecule has 1 rings (SSSR count). The zero-order valence-corrected chi connectivity index (χ0v) is 11.0. The molecule has 0 aliphatic rings. The van der Waals surface area contributed by atoms with E-state index in [9.17, 15) is 9.90 Å². The van der Waals surface area contributed by atoms with E-state index < -0.39 is 12.1 Å². The largest absolute Gasteiger partial charge is 0.496 e. The van der Waals surface area contributed by atoms with E-state index in [2.05, 4.69) is 15.9 Å². The Morgan fingerprint density at radius 3 is 2.18 bits per heavy atom. The van der Waals surface area contributed by atoms with Crippen LogP contribution in [-0.2, 0) is 11.2 Å². The predicted molar refractivity (Wildman–Crippen MR) is 64.6 cm³/mol. The van der Waals surface area contributed by atoms with Gasteiger partial charge in [0.05, 0.1) is 14.2 Å². The summed E-state index contributed by atoms with van der Waals surface area (Å²) < 4.78 is 11.0. The number of carbonyl (C=O) groups is 1. The van der Waals surface area contributed by atoms with E-state index in [0.717, 1.165) is 4.47 Å². The maximum absolute atomic E-state index is 10.6. The second-order valence-electron chi connectivity index (χ2n) is 3.35. The number of hydrogen-bond acceptors (Lipinski definition) is 4. The topological polar surface area (TPSA) is 76.0 Å². The molecule has 17 heavy (non-hydrogen) atoms. The van der Waals surface area contributed by atoms with Crippen LogP contribution in [0.4, 0.5) is 0 Å². The zero-order valence-electron chi connectivity index (χ0n) is 9.44. The second-order valence-corrected chi connectivity index (χ2v) is 4.26. The smallest absolute Gasteiger partial charge is 0.332 e. The van der Waals surface area contributed by atoms with Gasteiger partial charge in [-0.15, -0.1) is 0 Å². The molecular weight excluding hydrogens is 292 g/mol. The van der Waals surface area contributed by atoms with Crippen molar-refractivity contribution >= 4 is 21.9 Å². The molecule has 0 saturated carbocycles. The summed E-state index contributed by atoms with van der Waals surface area (Å²) in [5.74, 6) is -0.343. The number of rotatable bonds is 5. The molecule has 94 valence electrons. The number of aliphatic hydroxyl groups is 1. The summed E-state index contributed by atoms with van der Waals surface area (Å²) in [6, 6.07) is 3.37. The number of benzene rings is 1. The molecular formula is C11H13BrO5. The van der Waals surface area contributed by atoms with Gasteiger partial charge in [0.15, 0.2) is 6.10 Å². The van der Waals surface area contributed by atoms with E-state index in [0.29, 0.717) is 17.1 Å². The molecule has 0 saturated heterocycles. The van der Waals surface area contributed by atoms with Crippen LogP contribution in [0.1, 0.15) is 5.56 Å². The highest BCUT2D eigenvalue weighted by Crippen LogP contribution is 2.33. The lowest BCUT2D eigenvalue weighted by Gasteiger charge is -2.15. The van der Waals surface area contributed by atoms with E-state index in [1.807, 2.05) is 0 Å². The van der Waals surface area contributed by atoms with Gasteiger partial charge in [-0.25, -0.2) is 4.79 Å². The first kappa shape index (κ1) is 13.8. The molecule has 0 bridgehead atoms. The van der Waals surface area contributed by atoms with Crippen LogP contribution >= 0.6 is 15.9 Å². The van der Waals surface area contributed by atoms with Crippen LogP contribution in [0.25, 0.3) is 0 Å². The molecule has 0 aliphatic heterocycles. The Bertz CT molecular complexity index is 393. The van der Waals surface area contributed by atoms with Gasteiger partial charge in [-0.1, -0.05) is 15.9 Å². The van der Waals surface area contributed by atoms with Crippen molar-refractivity contribution < 1.29 is 24.5 Å². The lowest BCUT2D eigenvalue weighted by molar-refractivity contribution is -0.146. The van der Waals surface area contributed by atoms with Crippen molar-refractivity contribution in [3.05, 3.63) is 22.2 Å². The molecule has 1 unspecified atom stereocenters. The molecule has 0 fully saturated rings. The van der Waals surface area contributed by atoms with E-state index in [1.165, 1.54) is 14.2 Å². The minimum absolute atomic E-state index is 0.0744. The van der Waals surface area contributed by atoms with Crippen molar-refractivity contribution in [2.24, 2.45) is 0 Å². The molecule has 0 aromatic heterocycles. The lowest BCUT2D eigenvalue weighted by Crippen LogP contribution is -2.22.